The SMILES string of the molecule is Cc1nc(N2CCC3(CCCC3)CC2)c(C=O)nc1-c1cccc(Cl)c1Cl. The number of piperidine rings is 1. The normalized spacial score (nSPS) is 18.9. The molecular formula is C21H23Cl2N3O. The minimum atomic E-state index is 0.369. The highest BCUT2D eigenvalue weighted by atomic mass is 35.5. The maximum Gasteiger partial charge on any atom is 0.172 e. The standard InChI is InChI=1S/C21H23Cl2N3O/c1-14-19(15-5-4-6-16(22)18(15)23)25-17(13-27)20(24-14)26-11-9-21(10-12-26)7-2-3-8-21/h4-6,13H,2-3,7-12H2,1H3. The van der Waals surface area contributed by atoms with Gasteiger partial charge in [0.05, 0.1) is 21.4 Å². The van der Waals surface area contributed by atoms with Crippen molar-refractivity contribution in [2.75, 3.05) is 18.0 Å². The summed E-state index contributed by atoms with van der Waals surface area (Å²) < 4.78 is 0. The van der Waals surface area contributed by atoms with Crippen LogP contribution >= 0.6 is 23.2 Å². The van der Waals surface area contributed by atoms with E-state index in [0.29, 0.717) is 38.2 Å². The molecule has 4 nitrogen and oxygen atoms in total. The average Bonchev–Trinajstić information content (AvgIpc) is 3.13. The van der Waals surface area contributed by atoms with E-state index in [9.17, 15) is 4.79 Å². The summed E-state index contributed by atoms with van der Waals surface area (Å²) in [4.78, 5) is 23.4. The van der Waals surface area contributed by atoms with Crippen molar-refractivity contribution < 1.29 is 4.79 Å². The monoisotopic (exact) mass is 403 g/mol. The molecule has 27 heavy (non-hydrogen) atoms. The van der Waals surface area contributed by atoms with Gasteiger partial charge in [-0.1, -0.05) is 48.2 Å². The second-order valence-corrected chi connectivity index (χ2v) is 8.57. The Labute approximate surface area is 169 Å². The van der Waals surface area contributed by atoms with Gasteiger partial charge in [0.15, 0.2) is 12.1 Å². The number of hydrogen-bond donors (Lipinski definition) is 0. The van der Waals surface area contributed by atoms with Gasteiger partial charge in [-0.2, -0.15) is 0 Å². The van der Waals surface area contributed by atoms with Crippen LogP contribution in [0.5, 0.6) is 0 Å². The first-order valence-electron chi connectivity index (χ1n) is 9.56. The Bertz CT molecular complexity index is 868. The number of aryl methyl sites for hydroxylation is 1. The maximum atomic E-state index is 11.8. The predicted molar refractivity (Wildman–Crippen MR) is 110 cm³/mol. The summed E-state index contributed by atoms with van der Waals surface area (Å²) >= 11 is 12.5. The molecule has 0 bridgehead atoms. The Morgan fingerprint density at radius 1 is 1.07 bits per heavy atom. The summed E-state index contributed by atoms with van der Waals surface area (Å²) in [5, 5.41) is 0.896. The second-order valence-electron chi connectivity index (χ2n) is 7.78. The first kappa shape index (κ1) is 18.7. The molecule has 2 fully saturated rings. The molecule has 4 rings (SSSR count). The molecule has 6 heteroatoms. The van der Waals surface area contributed by atoms with Gasteiger partial charge in [0.2, 0.25) is 0 Å². The van der Waals surface area contributed by atoms with E-state index in [1.807, 2.05) is 19.1 Å². The molecule has 2 aromatic rings. The zero-order valence-electron chi connectivity index (χ0n) is 15.5. The summed E-state index contributed by atoms with van der Waals surface area (Å²) in [6.45, 7) is 3.78. The Balaban J connectivity index is 1.66. The highest BCUT2D eigenvalue weighted by Crippen LogP contribution is 2.46. The fraction of sp³-hybridized carbons (Fsp3) is 0.476. The highest BCUT2D eigenvalue weighted by molar-refractivity contribution is 6.43. The van der Waals surface area contributed by atoms with Crippen molar-refractivity contribution in [1.29, 1.82) is 0 Å². The molecule has 1 saturated carbocycles. The van der Waals surface area contributed by atoms with Gasteiger partial charge < -0.3 is 4.90 Å². The van der Waals surface area contributed by atoms with Gasteiger partial charge in [-0.25, -0.2) is 9.97 Å². The lowest BCUT2D eigenvalue weighted by Crippen LogP contribution is -2.40. The van der Waals surface area contributed by atoms with E-state index in [-0.39, 0.29) is 0 Å². The van der Waals surface area contributed by atoms with Crippen molar-refractivity contribution >= 4 is 35.3 Å². The molecule has 1 aliphatic carbocycles. The number of hydrogen-bond acceptors (Lipinski definition) is 4. The van der Waals surface area contributed by atoms with Crippen LogP contribution in [0.3, 0.4) is 0 Å². The Hall–Kier alpha value is -1.65. The lowest BCUT2D eigenvalue weighted by molar-refractivity contribution is 0.111. The molecule has 0 N–H and O–H groups in total. The van der Waals surface area contributed by atoms with Crippen LogP contribution in [0.25, 0.3) is 11.3 Å². The van der Waals surface area contributed by atoms with E-state index in [1.54, 1.807) is 6.07 Å². The molecule has 1 aliphatic heterocycles. The van der Waals surface area contributed by atoms with Gasteiger partial charge in [-0.15, -0.1) is 0 Å². The van der Waals surface area contributed by atoms with Crippen molar-refractivity contribution in [3.63, 3.8) is 0 Å². The zero-order valence-corrected chi connectivity index (χ0v) is 17.0. The van der Waals surface area contributed by atoms with E-state index in [2.05, 4.69) is 9.88 Å². The lowest BCUT2D eigenvalue weighted by atomic mass is 9.77. The maximum absolute atomic E-state index is 11.8. The summed E-state index contributed by atoms with van der Waals surface area (Å²) in [7, 11) is 0. The number of benzene rings is 1. The van der Waals surface area contributed by atoms with Gasteiger partial charge in [-0.05, 0) is 44.1 Å². The molecule has 1 spiro atoms. The van der Waals surface area contributed by atoms with Crippen LogP contribution < -0.4 is 4.90 Å². The molecule has 0 atom stereocenters. The summed E-state index contributed by atoms with van der Waals surface area (Å²) in [6.07, 6.45) is 8.54. The van der Waals surface area contributed by atoms with Crippen LogP contribution in [-0.4, -0.2) is 29.3 Å². The number of halogens is 2. The van der Waals surface area contributed by atoms with Crippen molar-refractivity contribution in [2.45, 2.75) is 45.4 Å². The lowest BCUT2D eigenvalue weighted by Gasteiger charge is -2.40. The number of rotatable bonds is 3. The number of aromatic nitrogens is 2. The third-order valence-corrected chi connectivity index (χ3v) is 7.00. The van der Waals surface area contributed by atoms with Gasteiger partial charge in [0.1, 0.15) is 5.69 Å². The fourth-order valence-electron chi connectivity index (χ4n) is 4.59. The average molecular weight is 404 g/mol. The highest BCUT2D eigenvalue weighted by Gasteiger charge is 2.37. The van der Waals surface area contributed by atoms with Gasteiger partial charge in [0, 0.05) is 18.7 Å². The molecule has 142 valence electrons. The largest absolute Gasteiger partial charge is 0.355 e. The van der Waals surface area contributed by atoms with E-state index in [1.165, 1.54) is 38.5 Å². The van der Waals surface area contributed by atoms with Crippen LogP contribution in [0.1, 0.15) is 54.7 Å². The van der Waals surface area contributed by atoms with E-state index >= 15 is 0 Å². The van der Waals surface area contributed by atoms with Gasteiger partial charge in [-0.3, -0.25) is 4.79 Å². The van der Waals surface area contributed by atoms with Gasteiger partial charge in [0.25, 0.3) is 0 Å². The van der Waals surface area contributed by atoms with E-state index < -0.39 is 0 Å². The van der Waals surface area contributed by atoms with E-state index in [4.69, 9.17) is 28.2 Å². The topological polar surface area (TPSA) is 46.1 Å². The quantitative estimate of drug-likeness (QED) is 0.613. The number of nitrogens with zero attached hydrogens (tertiary/aromatic N) is 3. The zero-order chi connectivity index (χ0) is 19.0. The molecule has 0 radical (unpaired) electrons. The predicted octanol–water partition coefficient (Wildman–Crippen LogP) is 5.73. The van der Waals surface area contributed by atoms with E-state index in [0.717, 1.165) is 25.1 Å². The van der Waals surface area contributed by atoms with Crippen LogP contribution in [0.4, 0.5) is 5.82 Å². The van der Waals surface area contributed by atoms with Crippen molar-refractivity contribution in [1.82, 2.24) is 9.97 Å². The minimum absolute atomic E-state index is 0.369. The molecule has 0 amide bonds. The first-order chi connectivity index (χ1) is 13.0. The number of carbonyl (C=O) groups is 1. The summed E-state index contributed by atoms with van der Waals surface area (Å²) in [5.41, 5.74) is 2.95. The third kappa shape index (κ3) is 3.45. The smallest absolute Gasteiger partial charge is 0.172 e. The van der Waals surface area contributed by atoms with Crippen LogP contribution in [0, 0.1) is 12.3 Å². The van der Waals surface area contributed by atoms with Crippen LogP contribution in [0.2, 0.25) is 10.0 Å². The molecular weight excluding hydrogens is 381 g/mol. The number of anilines is 1. The Kier molecular flexibility index (Phi) is 5.13. The Morgan fingerprint density at radius 2 is 1.78 bits per heavy atom. The summed E-state index contributed by atoms with van der Waals surface area (Å²) in [6, 6.07) is 5.41. The van der Waals surface area contributed by atoms with Crippen molar-refractivity contribution in [2.24, 2.45) is 5.41 Å². The first-order valence-corrected chi connectivity index (χ1v) is 10.3. The summed E-state index contributed by atoms with van der Waals surface area (Å²) in [5.74, 6) is 0.692. The Morgan fingerprint density at radius 3 is 2.44 bits per heavy atom. The minimum Gasteiger partial charge on any atom is -0.355 e. The molecule has 0 unspecified atom stereocenters. The van der Waals surface area contributed by atoms with Crippen LogP contribution in [0.15, 0.2) is 18.2 Å². The van der Waals surface area contributed by atoms with Gasteiger partial charge >= 0.3 is 0 Å². The second kappa shape index (κ2) is 7.40. The number of carbonyl (C=O) groups excluding carboxylic acids is 1. The van der Waals surface area contributed by atoms with Crippen LogP contribution in [-0.2, 0) is 0 Å². The molecule has 1 saturated heterocycles. The number of aldehydes is 1. The molecule has 2 aliphatic rings. The fourth-order valence-corrected chi connectivity index (χ4v) is 4.98. The van der Waals surface area contributed by atoms with Crippen molar-refractivity contribution in [3.05, 3.63) is 39.6 Å². The van der Waals surface area contributed by atoms with Crippen molar-refractivity contribution in [3.8, 4) is 11.3 Å². The molecule has 2 heterocycles. The molecule has 1 aromatic heterocycles. The molecule has 1 aromatic carbocycles. The third-order valence-electron chi connectivity index (χ3n) is 6.18.